The number of aliphatic hydroxyl groups is 1. The van der Waals surface area contributed by atoms with Crippen LogP contribution in [0, 0.1) is 0 Å². The maximum absolute atomic E-state index is 11.2. The van der Waals surface area contributed by atoms with E-state index in [0.717, 1.165) is 4.47 Å². The lowest BCUT2D eigenvalue weighted by molar-refractivity contribution is -0.145. The van der Waals surface area contributed by atoms with Crippen LogP contribution in [0.3, 0.4) is 0 Å². The Hall–Kier alpha value is -1.07. The summed E-state index contributed by atoms with van der Waals surface area (Å²) in [5.74, 6) is 0.201. The molecule has 0 radical (unpaired) electrons. The van der Waals surface area contributed by atoms with Crippen molar-refractivity contribution in [2.24, 2.45) is 0 Å². The number of methoxy groups -OCH3 is 1. The molecule has 1 aromatic rings. The van der Waals surface area contributed by atoms with E-state index in [1.54, 1.807) is 32.2 Å². The highest BCUT2D eigenvalue weighted by Crippen LogP contribution is 2.29. The summed E-state index contributed by atoms with van der Waals surface area (Å²) in [6, 6.07) is 5.19. The summed E-state index contributed by atoms with van der Waals surface area (Å²) >= 11 is 3.32. The van der Waals surface area contributed by atoms with Gasteiger partial charge in [-0.3, -0.25) is 4.79 Å². The average molecular weight is 303 g/mol. The Labute approximate surface area is 109 Å². The van der Waals surface area contributed by atoms with Crippen LogP contribution in [0.5, 0.6) is 5.75 Å². The summed E-state index contributed by atoms with van der Waals surface area (Å²) < 4.78 is 10.7. The van der Waals surface area contributed by atoms with Crippen LogP contribution < -0.4 is 4.74 Å². The van der Waals surface area contributed by atoms with Crippen molar-refractivity contribution in [2.45, 2.75) is 19.4 Å². The molecule has 1 unspecified atom stereocenters. The Bertz CT molecular complexity index is 392. The van der Waals surface area contributed by atoms with Gasteiger partial charge in [-0.2, -0.15) is 0 Å². The second-order valence-electron chi connectivity index (χ2n) is 3.42. The number of carbonyl (C=O) groups excluding carboxylic acids is 1. The van der Waals surface area contributed by atoms with Crippen molar-refractivity contribution < 1.29 is 19.4 Å². The molecule has 4 nitrogen and oxygen atoms in total. The predicted molar refractivity (Wildman–Crippen MR) is 66.9 cm³/mol. The maximum atomic E-state index is 11.2. The van der Waals surface area contributed by atoms with Crippen molar-refractivity contribution >= 4 is 21.9 Å². The van der Waals surface area contributed by atoms with Gasteiger partial charge in [-0.25, -0.2) is 0 Å². The summed E-state index contributed by atoms with van der Waals surface area (Å²) in [5.41, 5.74) is 0.623. The summed E-state index contributed by atoms with van der Waals surface area (Å²) in [4.78, 5) is 11.2. The fourth-order valence-corrected chi connectivity index (χ4v) is 1.79. The first-order valence-corrected chi connectivity index (χ1v) is 6.05. The topological polar surface area (TPSA) is 55.8 Å². The second-order valence-corrected chi connectivity index (χ2v) is 4.27. The second kappa shape index (κ2) is 6.61. The van der Waals surface area contributed by atoms with Crippen LogP contribution in [0.25, 0.3) is 0 Å². The minimum atomic E-state index is -0.879. The van der Waals surface area contributed by atoms with E-state index in [1.165, 1.54) is 0 Å². The van der Waals surface area contributed by atoms with E-state index < -0.39 is 12.1 Å². The van der Waals surface area contributed by atoms with Gasteiger partial charge in [0.15, 0.2) is 0 Å². The molecule has 0 saturated heterocycles. The molecule has 0 amide bonds. The molecule has 0 aliphatic heterocycles. The Morgan fingerprint density at radius 2 is 2.24 bits per heavy atom. The Balaban J connectivity index is 2.75. The van der Waals surface area contributed by atoms with Crippen LogP contribution in [0.4, 0.5) is 0 Å². The van der Waals surface area contributed by atoms with Gasteiger partial charge in [0.05, 0.1) is 30.7 Å². The van der Waals surface area contributed by atoms with Gasteiger partial charge in [-0.05, 0) is 40.5 Å². The molecule has 0 aromatic heterocycles. The summed E-state index contributed by atoms with van der Waals surface area (Å²) in [6.45, 7) is 2.04. The molecule has 0 aliphatic rings. The molecule has 0 bridgehead atoms. The molecule has 5 heteroatoms. The van der Waals surface area contributed by atoms with Crippen molar-refractivity contribution in [3.05, 3.63) is 28.2 Å². The van der Waals surface area contributed by atoms with E-state index in [4.69, 9.17) is 9.47 Å². The van der Waals surface area contributed by atoms with Crippen molar-refractivity contribution in [3.63, 3.8) is 0 Å². The Morgan fingerprint density at radius 1 is 1.53 bits per heavy atom. The molecule has 94 valence electrons. The van der Waals surface area contributed by atoms with Crippen molar-refractivity contribution in [2.75, 3.05) is 13.7 Å². The highest BCUT2D eigenvalue weighted by molar-refractivity contribution is 9.10. The van der Waals surface area contributed by atoms with E-state index in [0.29, 0.717) is 17.9 Å². The van der Waals surface area contributed by atoms with Gasteiger partial charge in [0, 0.05) is 0 Å². The van der Waals surface area contributed by atoms with Gasteiger partial charge in [-0.15, -0.1) is 0 Å². The van der Waals surface area contributed by atoms with Crippen LogP contribution in [0.2, 0.25) is 0 Å². The first-order valence-electron chi connectivity index (χ1n) is 5.25. The normalized spacial score (nSPS) is 12.0. The minimum absolute atomic E-state index is 0.0569. The number of esters is 1. The Morgan fingerprint density at radius 3 is 2.82 bits per heavy atom. The van der Waals surface area contributed by atoms with Gasteiger partial charge in [0.2, 0.25) is 0 Å². The third kappa shape index (κ3) is 4.02. The smallest absolute Gasteiger partial charge is 0.308 e. The summed E-state index contributed by atoms with van der Waals surface area (Å²) in [6.07, 6.45) is -0.936. The van der Waals surface area contributed by atoms with Crippen LogP contribution >= 0.6 is 15.9 Å². The van der Waals surface area contributed by atoms with Gasteiger partial charge in [-0.1, -0.05) is 6.07 Å². The van der Waals surface area contributed by atoms with Gasteiger partial charge < -0.3 is 14.6 Å². The van der Waals surface area contributed by atoms with Crippen molar-refractivity contribution in [1.29, 1.82) is 0 Å². The fraction of sp³-hybridized carbons (Fsp3) is 0.417. The number of ether oxygens (including phenoxy) is 2. The van der Waals surface area contributed by atoms with Gasteiger partial charge >= 0.3 is 5.97 Å². The molecule has 1 rings (SSSR count). The first-order chi connectivity index (χ1) is 8.08. The zero-order valence-electron chi connectivity index (χ0n) is 9.77. The molecule has 0 heterocycles. The standard InChI is InChI=1S/C12H15BrO4/c1-3-17-12(15)7-10(14)8-4-5-9(13)11(6-8)16-2/h4-6,10,14H,3,7H2,1-2H3. The van der Waals surface area contributed by atoms with E-state index in [9.17, 15) is 9.90 Å². The first kappa shape index (κ1) is 14.0. The molecule has 17 heavy (non-hydrogen) atoms. The summed E-state index contributed by atoms with van der Waals surface area (Å²) in [5, 5.41) is 9.86. The minimum Gasteiger partial charge on any atom is -0.496 e. The molecule has 0 spiro atoms. The SMILES string of the molecule is CCOC(=O)CC(O)c1ccc(Br)c(OC)c1. The predicted octanol–water partition coefficient (Wildman–Crippen LogP) is 2.44. The largest absolute Gasteiger partial charge is 0.496 e. The lowest BCUT2D eigenvalue weighted by atomic mass is 10.1. The monoisotopic (exact) mass is 302 g/mol. The third-order valence-corrected chi connectivity index (χ3v) is 2.88. The fourth-order valence-electron chi connectivity index (χ4n) is 1.38. The van der Waals surface area contributed by atoms with Crippen LogP contribution in [-0.4, -0.2) is 24.8 Å². The number of rotatable bonds is 5. The molecule has 1 aromatic carbocycles. The van der Waals surface area contributed by atoms with Crippen molar-refractivity contribution in [1.82, 2.24) is 0 Å². The Kier molecular flexibility index (Phi) is 5.44. The van der Waals surface area contributed by atoms with Crippen LogP contribution in [0.1, 0.15) is 25.0 Å². The molecule has 0 saturated carbocycles. The molecule has 1 N–H and O–H groups in total. The number of halogens is 1. The molecule has 0 fully saturated rings. The van der Waals surface area contributed by atoms with E-state index in [2.05, 4.69) is 15.9 Å². The zero-order valence-corrected chi connectivity index (χ0v) is 11.4. The quantitative estimate of drug-likeness (QED) is 0.849. The highest BCUT2D eigenvalue weighted by Gasteiger charge is 2.15. The lowest BCUT2D eigenvalue weighted by Crippen LogP contribution is -2.10. The van der Waals surface area contributed by atoms with Gasteiger partial charge in [0.1, 0.15) is 5.75 Å². The number of benzene rings is 1. The number of hydrogen-bond acceptors (Lipinski definition) is 4. The van der Waals surface area contributed by atoms with Crippen LogP contribution in [-0.2, 0) is 9.53 Å². The zero-order chi connectivity index (χ0) is 12.8. The molecule has 1 atom stereocenters. The molecular weight excluding hydrogens is 288 g/mol. The number of hydrogen-bond donors (Lipinski definition) is 1. The molecule has 0 aliphatic carbocycles. The average Bonchev–Trinajstić information content (AvgIpc) is 2.29. The lowest BCUT2D eigenvalue weighted by Gasteiger charge is -2.12. The van der Waals surface area contributed by atoms with Crippen LogP contribution in [0.15, 0.2) is 22.7 Å². The van der Waals surface area contributed by atoms with E-state index in [-0.39, 0.29) is 6.42 Å². The summed E-state index contributed by atoms with van der Waals surface area (Å²) in [7, 11) is 1.54. The maximum Gasteiger partial charge on any atom is 0.308 e. The van der Waals surface area contributed by atoms with Crippen molar-refractivity contribution in [3.8, 4) is 5.75 Å². The van der Waals surface area contributed by atoms with E-state index >= 15 is 0 Å². The van der Waals surface area contributed by atoms with E-state index in [1.807, 2.05) is 0 Å². The highest BCUT2D eigenvalue weighted by atomic mass is 79.9. The van der Waals surface area contributed by atoms with Gasteiger partial charge in [0.25, 0.3) is 0 Å². The third-order valence-electron chi connectivity index (χ3n) is 2.23. The number of aliphatic hydroxyl groups excluding tert-OH is 1. The number of carbonyl (C=O) groups is 1. The molecular formula is C12H15BrO4.